The van der Waals surface area contributed by atoms with Crippen LogP contribution in [0.5, 0.6) is 5.75 Å². The van der Waals surface area contributed by atoms with Crippen LogP contribution < -0.4 is 9.80 Å². The number of rotatable bonds is 4. The van der Waals surface area contributed by atoms with Gasteiger partial charge < -0.3 is 14.9 Å². The molecular formula is C37H31N4OPt-. The summed E-state index contributed by atoms with van der Waals surface area (Å²) < 4.78 is 0. The number of phenolic OH excluding ortho intramolecular Hbond substituents is 1. The third-order valence-electron chi connectivity index (χ3n) is 8.29. The summed E-state index contributed by atoms with van der Waals surface area (Å²) in [6.07, 6.45) is 1.87. The Morgan fingerprint density at radius 3 is 2.35 bits per heavy atom. The van der Waals surface area contributed by atoms with Crippen LogP contribution in [0, 0.1) is 6.07 Å². The van der Waals surface area contributed by atoms with E-state index in [9.17, 15) is 5.11 Å². The molecule has 0 aliphatic carbocycles. The Kier molecular flexibility index (Phi) is 7.31. The van der Waals surface area contributed by atoms with E-state index in [1.54, 1.807) is 6.07 Å². The van der Waals surface area contributed by atoms with Gasteiger partial charge in [-0.3, -0.25) is 4.98 Å². The van der Waals surface area contributed by atoms with E-state index in [0.29, 0.717) is 5.52 Å². The summed E-state index contributed by atoms with van der Waals surface area (Å²) in [6, 6.07) is 38.8. The molecule has 0 spiro atoms. The van der Waals surface area contributed by atoms with Gasteiger partial charge in [0.2, 0.25) is 0 Å². The zero-order valence-corrected chi connectivity index (χ0v) is 26.7. The molecule has 3 heterocycles. The van der Waals surface area contributed by atoms with E-state index in [1.807, 2.05) is 55.5 Å². The number of hydrogen-bond acceptors (Lipinski definition) is 5. The number of pyridine rings is 2. The van der Waals surface area contributed by atoms with Crippen molar-refractivity contribution in [2.24, 2.45) is 0 Å². The van der Waals surface area contributed by atoms with Gasteiger partial charge in [0.25, 0.3) is 0 Å². The number of aromatic hydroxyl groups is 1. The van der Waals surface area contributed by atoms with Gasteiger partial charge in [0.15, 0.2) is 0 Å². The molecule has 0 saturated carbocycles. The summed E-state index contributed by atoms with van der Waals surface area (Å²) >= 11 is 0. The number of para-hydroxylation sites is 1. The molecule has 1 aliphatic rings. The van der Waals surface area contributed by atoms with Crippen LogP contribution in [-0.4, -0.2) is 29.2 Å². The first-order valence-electron chi connectivity index (χ1n) is 14.1. The summed E-state index contributed by atoms with van der Waals surface area (Å²) in [6.45, 7) is 4.52. The maximum atomic E-state index is 10.7. The normalized spacial score (nSPS) is 13.2. The van der Waals surface area contributed by atoms with Gasteiger partial charge in [0, 0.05) is 58.1 Å². The Hall–Kier alpha value is -4.47. The predicted octanol–water partition coefficient (Wildman–Crippen LogP) is 8.64. The molecule has 0 amide bonds. The van der Waals surface area contributed by atoms with Crippen LogP contribution in [0.3, 0.4) is 0 Å². The Labute approximate surface area is 266 Å². The van der Waals surface area contributed by atoms with E-state index in [0.717, 1.165) is 56.2 Å². The van der Waals surface area contributed by atoms with E-state index in [1.165, 1.54) is 5.56 Å². The van der Waals surface area contributed by atoms with Crippen LogP contribution in [0.15, 0.2) is 109 Å². The van der Waals surface area contributed by atoms with Crippen molar-refractivity contribution < 1.29 is 26.2 Å². The van der Waals surface area contributed by atoms with Gasteiger partial charge >= 0.3 is 0 Å². The number of anilines is 4. The Morgan fingerprint density at radius 1 is 0.791 bits per heavy atom. The molecule has 0 unspecified atom stereocenters. The summed E-state index contributed by atoms with van der Waals surface area (Å²) in [7, 11) is 3.98. The van der Waals surface area contributed by atoms with Crippen LogP contribution in [-0.2, 0) is 26.5 Å². The van der Waals surface area contributed by atoms with Crippen molar-refractivity contribution in [3.63, 3.8) is 0 Å². The molecule has 5 nitrogen and oxygen atoms in total. The smallest absolute Gasteiger partial charge is 0.140 e. The van der Waals surface area contributed by atoms with E-state index >= 15 is 0 Å². The van der Waals surface area contributed by atoms with Crippen molar-refractivity contribution >= 4 is 33.8 Å². The standard InChI is InChI=1S/C37H31N4O.Pt/c1-37(2)28-12-8-9-13-32(28)41(35-23-25(20-21-38-35)24-10-6-5-7-11-24)33-22-26(14-16-29(33)37)30-17-15-27-31(40(3)4)18-19-34(42)36(27)39-30;/h5-21,23,42H,1-4H3;/q-1;. The van der Waals surface area contributed by atoms with Crippen molar-refractivity contribution in [1.29, 1.82) is 0 Å². The fourth-order valence-corrected chi connectivity index (χ4v) is 6.09. The number of hydrogen-bond donors (Lipinski definition) is 1. The molecule has 1 N–H and O–H groups in total. The number of fused-ring (bicyclic) bond motifs is 3. The summed E-state index contributed by atoms with van der Waals surface area (Å²) in [4.78, 5) is 14.0. The maximum absolute atomic E-state index is 10.7. The van der Waals surface area contributed by atoms with Gasteiger partial charge in [-0.25, -0.2) is 4.98 Å². The minimum absolute atomic E-state index is 0. The molecule has 6 heteroatoms. The average molecular weight is 743 g/mol. The zero-order chi connectivity index (χ0) is 29.0. The molecule has 0 saturated heterocycles. The second-order valence-electron chi connectivity index (χ2n) is 11.5. The molecule has 216 valence electrons. The van der Waals surface area contributed by atoms with Crippen LogP contribution in [0.1, 0.15) is 25.0 Å². The molecule has 0 fully saturated rings. The van der Waals surface area contributed by atoms with Crippen molar-refractivity contribution in [3.8, 4) is 28.1 Å². The summed E-state index contributed by atoms with van der Waals surface area (Å²) in [5.41, 5.74) is 9.60. The van der Waals surface area contributed by atoms with E-state index in [4.69, 9.17) is 9.97 Å². The molecule has 6 aromatic rings. The molecule has 0 bridgehead atoms. The van der Waals surface area contributed by atoms with Crippen molar-refractivity contribution in [3.05, 3.63) is 127 Å². The summed E-state index contributed by atoms with van der Waals surface area (Å²) in [5, 5.41) is 11.6. The second kappa shape index (κ2) is 11.0. The van der Waals surface area contributed by atoms with Crippen LogP contribution in [0.2, 0.25) is 0 Å². The Bertz CT molecular complexity index is 1970. The quantitative estimate of drug-likeness (QED) is 0.184. The maximum Gasteiger partial charge on any atom is 0.140 e. The fourth-order valence-electron chi connectivity index (χ4n) is 6.09. The van der Waals surface area contributed by atoms with Gasteiger partial charge in [-0.1, -0.05) is 80.1 Å². The predicted molar refractivity (Wildman–Crippen MR) is 172 cm³/mol. The largest absolute Gasteiger partial charge is 0.506 e. The molecule has 0 radical (unpaired) electrons. The van der Waals surface area contributed by atoms with Gasteiger partial charge in [-0.05, 0) is 63.8 Å². The van der Waals surface area contributed by atoms with Crippen molar-refractivity contribution in [2.75, 3.05) is 23.9 Å². The minimum atomic E-state index is -0.246. The third-order valence-corrected chi connectivity index (χ3v) is 8.29. The molecule has 1 aliphatic heterocycles. The number of phenols is 1. The van der Waals surface area contributed by atoms with Gasteiger partial charge in [-0.15, -0.1) is 23.8 Å². The van der Waals surface area contributed by atoms with Gasteiger partial charge in [0.05, 0.1) is 0 Å². The minimum Gasteiger partial charge on any atom is -0.506 e. The molecule has 0 atom stereocenters. The van der Waals surface area contributed by atoms with Crippen LogP contribution >= 0.6 is 0 Å². The van der Waals surface area contributed by atoms with E-state index in [2.05, 4.69) is 91.5 Å². The third kappa shape index (κ3) is 4.78. The van der Waals surface area contributed by atoms with Crippen molar-refractivity contribution in [1.82, 2.24) is 9.97 Å². The second-order valence-corrected chi connectivity index (χ2v) is 11.5. The van der Waals surface area contributed by atoms with Crippen LogP contribution in [0.25, 0.3) is 33.3 Å². The number of nitrogens with zero attached hydrogens (tertiary/aromatic N) is 4. The van der Waals surface area contributed by atoms with Gasteiger partial charge in [0.1, 0.15) is 17.1 Å². The van der Waals surface area contributed by atoms with Crippen molar-refractivity contribution in [2.45, 2.75) is 19.3 Å². The Balaban J connectivity index is 0.00000329. The molecular weight excluding hydrogens is 712 g/mol. The molecule has 4 aromatic carbocycles. The monoisotopic (exact) mass is 742 g/mol. The first kappa shape index (κ1) is 28.6. The van der Waals surface area contributed by atoms with Gasteiger partial charge in [-0.2, -0.15) is 0 Å². The first-order valence-corrected chi connectivity index (χ1v) is 14.1. The average Bonchev–Trinajstić information content (AvgIpc) is 3.01. The van der Waals surface area contributed by atoms with E-state index < -0.39 is 0 Å². The fraction of sp³-hybridized carbons (Fsp3) is 0.135. The van der Waals surface area contributed by atoms with E-state index in [-0.39, 0.29) is 32.2 Å². The zero-order valence-electron chi connectivity index (χ0n) is 24.4. The molecule has 2 aromatic heterocycles. The number of aromatic nitrogens is 2. The van der Waals surface area contributed by atoms with Crippen LogP contribution in [0.4, 0.5) is 22.9 Å². The SMILES string of the molecule is CN(C)c1ccc(O)c2nc(-c3[c-]c4c(cc3)C(C)(C)c3ccccc3N4c3cc(-c4ccccc4)ccn3)ccc12.[Pt]. The number of benzene rings is 4. The topological polar surface area (TPSA) is 52.5 Å². The Morgan fingerprint density at radius 2 is 1.56 bits per heavy atom. The first-order chi connectivity index (χ1) is 20.3. The summed E-state index contributed by atoms with van der Waals surface area (Å²) in [5.74, 6) is 0.989. The molecule has 7 rings (SSSR count). The molecule has 43 heavy (non-hydrogen) atoms.